The summed E-state index contributed by atoms with van der Waals surface area (Å²) < 4.78 is 25.9. The van der Waals surface area contributed by atoms with E-state index in [1.807, 2.05) is 19.1 Å². The average molecular weight is 262 g/mol. The summed E-state index contributed by atoms with van der Waals surface area (Å²) in [6.45, 7) is 1.93. The second-order valence-electron chi connectivity index (χ2n) is 4.10. The molecule has 0 fully saturated rings. The molecular formula is C14H12F2N2O. The molecule has 0 bridgehead atoms. The highest BCUT2D eigenvalue weighted by molar-refractivity contribution is 5.99. The molecule has 0 unspecified atom stereocenters. The van der Waals surface area contributed by atoms with Crippen LogP contribution in [-0.4, -0.2) is 6.03 Å². The fourth-order valence-electron chi connectivity index (χ4n) is 1.56. The zero-order chi connectivity index (χ0) is 13.8. The van der Waals surface area contributed by atoms with Crippen molar-refractivity contribution in [3.8, 4) is 0 Å². The van der Waals surface area contributed by atoms with Crippen LogP contribution in [0, 0.1) is 18.6 Å². The SMILES string of the molecule is Cc1ccc(NC(=O)Nc2cc(F)cc(F)c2)cc1. The minimum atomic E-state index is -0.745. The number of nitrogens with one attached hydrogen (secondary N) is 2. The molecule has 0 atom stereocenters. The van der Waals surface area contributed by atoms with E-state index in [1.54, 1.807) is 12.1 Å². The number of carbonyl (C=O) groups excluding carboxylic acids is 1. The molecule has 0 aromatic heterocycles. The van der Waals surface area contributed by atoms with Gasteiger partial charge in [-0.2, -0.15) is 0 Å². The van der Waals surface area contributed by atoms with Gasteiger partial charge in [0, 0.05) is 17.4 Å². The summed E-state index contributed by atoms with van der Waals surface area (Å²) in [6, 6.07) is 9.42. The van der Waals surface area contributed by atoms with Crippen LogP contribution in [0.1, 0.15) is 5.56 Å². The fourth-order valence-corrected chi connectivity index (χ4v) is 1.56. The zero-order valence-corrected chi connectivity index (χ0v) is 10.2. The molecule has 0 aliphatic carbocycles. The number of aryl methyl sites for hydroxylation is 1. The van der Waals surface area contributed by atoms with Crippen molar-refractivity contribution in [1.82, 2.24) is 0 Å². The number of urea groups is 1. The molecule has 2 N–H and O–H groups in total. The van der Waals surface area contributed by atoms with Crippen molar-refractivity contribution < 1.29 is 13.6 Å². The number of anilines is 2. The predicted octanol–water partition coefficient (Wildman–Crippen LogP) is 3.92. The first-order chi connectivity index (χ1) is 9.02. The lowest BCUT2D eigenvalue weighted by Gasteiger charge is -2.08. The third-order valence-electron chi connectivity index (χ3n) is 2.43. The minimum Gasteiger partial charge on any atom is -0.308 e. The van der Waals surface area contributed by atoms with Crippen molar-refractivity contribution in [2.75, 3.05) is 10.6 Å². The van der Waals surface area contributed by atoms with Crippen molar-refractivity contribution in [3.63, 3.8) is 0 Å². The highest BCUT2D eigenvalue weighted by Gasteiger charge is 2.05. The number of amides is 2. The molecule has 0 aliphatic rings. The number of rotatable bonds is 2. The first-order valence-electron chi connectivity index (χ1n) is 5.64. The number of carbonyl (C=O) groups is 1. The third-order valence-corrected chi connectivity index (χ3v) is 2.43. The van der Waals surface area contributed by atoms with Gasteiger partial charge < -0.3 is 10.6 Å². The largest absolute Gasteiger partial charge is 0.323 e. The first kappa shape index (κ1) is 13.0. The van der Waals surface area contributed by atoms with Crippen molar-refractivity contribution in [3.05, 3.63) is 59.7 Å². The van der Waals surface area contributed by atoms with Crippen LogP contribution in [0.4, 0.5) is 25.0 Å². The molecule has 3 nitrogen and oxygen atoms in total. The maximum Gasteiger partial charge on any atom is 0.323 e. The molecular weight excluding hydrogens is 250 g/mol. The Balaban J connectivity index is 2.03. The van der Waals surface area contributed by atoms with Gasteiger partial charge in [-0.1, -0.05) is 17.7 Å². The molecule has 2 aromatic rings. The summed E-state index contributed by atoms with van der Waals surface area (Å²) in [4.78, 5) is 11.6. The van der Waals surface area contributed by atoms with Crippen LogP contribution in [0.15, 0.2) is 42.5 Å². The molecule has 2 aromatic carbocycles. The smallest absolute Gasteiger partial charge is 0.308 e. The second-order valence-corrected chi connectivity index (χ2v) is 4.10. The van der Waals surface area contributed by atoms with Crippen molar-refractivity contribution in [1.29, 1.82) is 0 Å². The maximum atomic E-state index is 12.9. The van der Waals surface area contributed by atoms with E-state index in [-0.39, 0.29) is 5.69 Å². The van der Waals surface area contributed by atoms with Crippen LogP contribution in [0.25, 0.3) is 0 Å². The van der Waals surface area contributed by atoms with Crippen molar-refractivity contribution >= 4 is 17.4 Å². The molecule has 5 heteroatoms. The van der Waals surface area contributed by atoms with E-state index in [9.17, 15) is 13.6 Å². The summed E-state index contributed by atoms with van der Waals surface area (Å²) in [7, 11) is 0. The van der Waals surface area contributed by atoms with Crippen LogP contribution in [0.3, 0.4) is 0 Å². The second kappa shape index (κ2) is 5.48. The molecule has 0 heterocycles. The Bertz CT molecular complexity index is 577. The topological polar surface area (TPSA) is 41.1 Å². The molecule has 0 saturated carbocycles. The summed E-state index contributed by atoms with van der Waals surface area (Å²) in [5, 5.41) is 4.92. The van der Waals surface area contributed by atoms with Gasteiger partial charge in [-0.3, -0.25) is 0 Å². The monoisotopic (exact) mass is 262 g/mol. The van der Waals surface area contributed by atoms with E-state index >= 15 is 0 Å². The van der Waals surface area contributed by atoms with Crippen LogP contribution < -0.4 is 10.6 Å². The molecule has 19 heavy (non-hydrogen) atoms. The summed E-state index contributed by atoms with van der Waals surface area (Å²) in [5.41, 5.74) is 1.72. The normalized spacial score (nSPS) is 10.1. The molecule has 2 amide bonds. The van der Waals surface area contributed by atoms with E-state index in [0.717, 1.165) is 23.8 Å². The van der Waals surface area contributed by atoms with Crippen LogP contribution in [0.5, 0.6) is 0 Å². The Kier molecular flexibility index (Phi) is 3.75. The van der Waals surface area contributed by atoms with Crippen LogP contribution in [-0.2, 0) is 0 Å². The highest BCUT2D eigenvalue weighted by Crippen LogP contribution is 2.14. The van der Waals surface area contributed by atoms with Gasteiger partial charge >= 0.3 is 6.03 Å². The summed E-state index contributed by atoms with van der Waals surface area (Å²) in [5.74, 6) is -1.49. The number of hydrogen-bond donors (Lipinski definition) is 2. The van der Waals surface area contributed by atoms with Crippen molar-refractivity contribution in [2.45, 2.75) is 6.92 Å². The fraction of sp³-hybridized carbons (Fsp3) is 0.0714. The minimum absolute atomic E-state index is 0.0575. The average Bonchev–Trinajstić information content (AvgIpc) is 2.30. The van der Waals surface area contributed by atoms with E-state index in [2.05, 4.69) is 10.6 Å². The third kappa shape index (κ3) is 3.77. The molecule has 0 saturated heterocycles. The van der Waals surface area contributed by atoms with Gasteiger partial charge in [0.2, 0.25) is 0 Å². The molecule has 98 valence electrons. The Labute approximate surface area is 109 Å². The van der Waals surface area contributed by atoms with E-state index in [0.29, 0.717) is 5.69 Å². The Hall–Kier alpha value is -2.43. The lowest BCUT2D eigenvalue weighted by molar-refractivity contribution is 0.262. The number of hydrogen-bond acceptors (Lipinski definition) is 1. The van der Waals surface area contributed by atoms with E-state index < -0.39 is 17.7 Å². The quantitative estimate of drug-likeness (QED) is 0.846. The van der Waals surface area contributed by atoms with Crippen LogP contribution >= 0.6 is 0 Å². The number of halogens is 2. The maximum absolute atomic E-state index is 12.9. The van der Waals surface area contributed by atoms with E-state index in [1.165, 1.54) is 0 Å². The molecule has 2 rings (SSSR count). The van der Waals surface area contributed by atoms with Gasteiger partial charge in [0.25, 0.3) is 0 Å². The molecule has 0 spiro atoms. The van der Waals surface area contributed by atoms with Crippen LogP contribution in [0.2, 0.25) is 0 Å². The summed E-state index contributed by atoms with van der Waals surface area (Å²) >= 11 is 0. The molecule has 0 aliphatic heterocycles. The van der Waals surface area contributed by atoms with Gasteiger partial charge in [0.1, 0.15) is 11.6 Å². The van der Waals surface area contributed by atoms with Gasteiger partial charge in [0.15, 0.2) is 0 Å². The Morgan fingerprint density at radius 1 is 0.895 bits per heavy atom. The van der Waals surface area contributed by atoms with E-state index in [4.69, 9.17) is 0 Å². The lowest BCUT2D eigenvalue weighted by Crippen LogP contribution is -2.19. The zero-order valence-electron chi connectivity index (χ0n) is 10.2. The van der Waals surface area contributed by atoms with Crippen molar-refractivity contribution in [2.24, 2.45) is 0 Å². The van der Waals surface area contributed by atoms with Gasteiger partial charge in [-0.15, -0.1) is 0 Å². The highest BCUT2D eigenvalue weighted by atomic mass is 19.1. The Morgan fingerprint density at radius 2 is 1.42 bits per heavy atom. The first-order valence-corrected chi connectivity index (χ1v) is 5.64. The standard InChI is InChI=1S/C14H12F2N2O/c1-9-2-4-12(5-3-9)17-14(19)18-13-7-10(15)6-11(16)8-13/h2-8H,1H3,(H2,17,18,19). The van der Waals surface area contributed by atoms with Gasteiger partial charge in [0.05, 0.1) is 0 Å². The summed E-state index contributed by atoms with van der Waals surface area (Å²) in [6.07, 6.45) is 0. The molecule has 0 radical (unpaired) electrons. The lowest BCUT2D eigenvalue weighted by atomic mass is 10.2. The van der Waals surface area contributed by atoms with Gasteiger partial charge in [-0.25, -0.2) is 13.6 Å². The Morgan fingerprint density at radius 3 is 2.00 bits per heavy atom. The number of benzene rings is 2. The van der Waals surface area contributed by atoms with Gasteiger partial charge in [-0.05, 0) is 31.2 Å². The predicted molar refractivity (Wildman–Crippen MR) is 70.2 cm³/mol.